The molecule has 1 heterocycles. The molecule has 0 aromatic heterocycles. The Morgan fingerprint density at radius 3 is 2.32 bits per heavy atom. The number of anilines is 1. The van der Waals surface area contributed by atoms with Gasteiger partial charge in [0.1, 0.15) is 5.82 Å². The van der Waals surface area contributed by atoms with Crippen molar-refractivity contribution in [2.75, 3.05) is 38.1 Å². The van der Waals surface area contributed by atoms with Gasteiger partial charge in [0, 0.05) is 43.5 Å². The number of likely N-dealkylation sites (N-methyl/N-ethyl adjacent to an activating group) is 1. The number of hydrogen-bond acceptors (Lipinski definition) is 4. The minimum atomic E-state index is -0.396. The lowest BCUT2D eigenvalue weighted by atomic mass is 9.81. The molecule has 2 fully saturated rings. The molecule has 0 bridgehead atoms. The van der Waals surface area contributed by atoms with Gasteiger partial charge in [0.05, 0.1) is 17.9 Å². The van der Waals surface area contributed by atoms with E-state index in [-0.39, 0.29) is 35.6 Å². The summed E-state index contributed by atoms with van der Waals surface area (Å²) in [5.41, 5.74) is 1.75. The first-order valence-corrected chi connectivity index (χ1v) is 11.4. The molecule has 0 radical (unpaired) electrons. The lowest BCUT2D eigenvalue weighted by Gasteiger charge is -2.36. The second-order valence-corrected chi connectivity index (χ2v) is 9.16. The number of amides is 2. The zero-order chi connectivity index (χ0) is 22.0. The van der Waals surface area contributed by atoms with Crippen molar-refractivity contribution in [1.29, 1.82) is 0 Å². The van der Waals surface area contributed by atoms with Gasteiger partial charge >= 0.3 is 0 Å². The molecule has 1 saturated heterocycles. The highest BCUT2D eigenvalue weighted by molar-refractivity contribution is 5.88. The van der Waals surface area contributed by atoms with Crippen LogP contribution in [0.2, 0.25) is 0 Å². The van der Waals surface area contributed by atoms with E-state index in [9.17, 15) is 14.0 Å². The summed E-state index contributed by atoms with van der Waals surface area (Å²) in [4.78, 5) is 30.4. The van der Waals surface area contributed by atoms with Crippen molar-refractivity contribution in [3.05, 3.63) is 41.7 Å². The molecule has 2 amide bonds. The lowest BCUT2D eigenvalue weighted by Crippen LogP contribution is -2.46. The predicted octanol–water partition coefficient (Wildman–Crippen LogP) is 2.62. The summed E-state index contributed by atoms with van der Waals surface area (Å²) in [6, 6.07) is 4.75. The van der Waals surface area contributed by atoms with Crippen molar-refractivity contribution in [1.82, 2.24) is 15.5 Å². The van der Waals surface area contributed by atoms with Gasteiger partial charge in [-0.15, -0.1) is 0 Å². The van der Waals surface area contributed by atoms with E-state index in [2.05, 4.69) is 27.5 Å². The molecule has 1 aromatic carbocycles. The maximum Gasteiger partial charge on any atom is 0.224 e. The average Bonchev–Trinajstić information content (AvgIpc) is 3.58. The maximum absolute atomic E-state index is 14.1. The largest absolute Gasteiger partial charge is 0.369 e. The van der Waals surface area contributed by atoms with Crippen LogP contribution in [-0.4, -0.2) is 56.0 Å². The Hall–Kier alpha value is -2.41. The number of rotatable bonds is 6. The van der Waals surface area contributed by atoms with E-state index < -0.39 is 5.92 Å². The lowest BCUT2D eigenvalue weighted by molar-refractivity contribution is -0.135. The Morgan fingerprint density at radius 2 is 1.68 bits per heavy atom. The molecule has 3 atom stereocenters. The quantitative estimate of drug-likeness (QED) is 0.684. The summed E-state index contributed by atoms with van der Waals surface area (Å²) in [6.07, 6.45) is 7.15. The van der Waals surface area contributed by atoms with Gasteiger partial charge in [-0.1, -0.05) is 12.2 Å². The minimum Gasteiger partial charge on any atom is -0.369 e. The van der Waals surface area contributed by atoms with Crippen molar-refractivity contribution >= 4 is 17.5 Å². The molecule has 2 N–H and O–H groups in total. The average molecular weight is 429 g/mol. The molecule has 3 unspecified atom stereocenters. The summed E-state index contributed by atoms with van der Waals surface area (Å²) >= 11 is 0. The zero-order valence-electron chi connectivity index (χ0n) is 18.4. The molecule has 3 aliphatic rings. The summed E-state index contributed by atoms with van der Waals surface area (Å²) in [7, 11) is 2.10. The van der Waals surface area contributed by atoms with E-state index in [0.29, 0.717) is 12.8 Å². The van der Waals surface area contributed by atoms with Gasteiger partial charge in [-0.2, -0.15) is 0 Å². The number of nitrogens with zero attached hydrogens (tertiary/aromatic N) is 2. The van der Waals surface area contributed by atoms with Gasteiger partial charge in [-0.3, -0.25) is 9.59 Å². The highest BCUT2D eigenvalue weighted by atomic mass is 19.1. The number of allylic oxidation sites excluding steroid dienone is 2. The van der Waals surface area contributed by atoms with Gasteiger partial charge in [-0.25, -0.2) is 4.39 Å². The highest BCUT2D eigenvalue weighted by Crippen LogP contribution is 2.31. The number of piperazine rings is 1. The van der Waals surface area contributed by atoms with Crippen LogP contribution in [0, 0.1) is 17.7 Å². The van der Waals surface area contributed by atoms with Crippen LogP contribution in [0.3, 0.4) is 0 Å². The Labute approximate surface area is 183 Å². The summed E-state index contributed by atoms with van der Waals surface area (Å²) < 4.78 is 14.1. The fraction of sp³-hybridized carbons (Fsp3) is 0.583. The first kappa shape index (κ1) is 21.8. The van der Waals surface area contributed by atoms with Crippen LogP contribution in [0.5, 0.6) is 0 Å². The van der Waals surface area contributed by atoms with Crippen molar-refractivity contribution in [3.8, 4) is 0 Å². The zero-order valence-corrected chi connectivity index (χ0v) is 18.4. The number of hydrogen-bond donors (Lipinski definition) is 2. The normalized spacial score (nSPS) is 25.2. The van der Waals surface area contributed by atoms with E-state index in [4.69, 9.17) is 0 Å². The first-order valence-electron chi connectivity index (χ1n) is 11.4. The molecule has 0 spiro atoms. The molecule has 1 saturated carbocycles. The highest BCUT2D eigenvalue weighted by Gasteiger charge is 2.37. The van der Waals surface area contributed by atoms with Gasteiger partial charge in [-0.05, 0) is 57.9 Å². The van der Waals surface area contributed by atoms with Gasteiger partial charge in [0.25, 0.3) is 0 Å². The second kappa shape index (κ2) is 9.39. The molecule has 1 aliphatic heterocycles. The SMILES string of the molecule is CC(NC(=O)C1CC=CCC1C(=O)NC1CC1)c1cc(F)ccc1N1CCN(C)CC1. The molecule has 7 heteroatoms. The van der Waals surface area contributed by atoms with E-state index in [0.717, 1.165) is 50.3 Å². The molecular weight excluding hydrogens is 395 g/mol. The summed E-state index contributed by atoms with van der Waals surface area (Å²) in [5.74, 6) is -1.21. The number of carbonyl (C=O) groups excluding carboxylic acids is 2. The molecule has 2 aliphatic carbocycles. The van der Waals surface area contributed by atoms with Crippen molar-refractivity contribution in [2.24, 2.45) is 11.8 Å². The third-order valence-electron chi connectivity index (χ3n) is 6.69. The Morgan fingerprint density at radius 1 is 1.03 bits per heavy atom. The molecule has 6 nitrogen and oxygen atoms in total. The van der Waals surface area contributed by atoms with E-state index >= 15 is 0 Å². The molecule has 168 valence electrons. The number of carbonyl (C=O) groups is 2. The van der Waals surface area contributed by atoms with Gasteiger partial charge < -0.3 is 20.4 Å². The smallest absolute Gasteiger partial charge is 0.224 e. The van der Waals surface area contributed by atoms with Crippen LogP contribution >= 0.6 is 0 Å². The molecule has 31 heavy (non-hydrogen) atoms. The third kappa shape index (κ3) is 5.26. The second-order valence-electron chi connectivity index (χ2n) is 9.16. The standard InChI is InChI=1S/C24H33FN4O2/c1-16(21-15-17(25)7-10-22(21)29-13-11-28(2)12-14-29)26-23(30)19-5-3-4-6-20(19)24(31)27-18-8-9-18/h3-4,7,10,15-16,18-20H,5-6,8-9,11-14H2,1-2H3,(H,26,30)(H,27,31). The van der Waals surface area contributed by atoms with E-state index in [1.807, 2.05) is 25.1 Å². The van der Waals surface area contributed by atoms with Gasteiger partial charge in [0.2, 0.25) is 11.8 Å². The summed E-state index contributed by atoms with van der Waals surface area (Å²) in [5, 5.41) is 6.12. The fourth-order valence-electron chi connectivity index (χ4n) is 4.54. The van der Waals surface area contributed by atoms with Crippen LogP contribution in [0.15, 0.2) is 30.4 Å². The minimum absolute atomic E-state index is 0.0245. The maximum atomic E-state index is 14.1. The summed E-state index contributed by atoms with van der Waals surface area (Å²) in [6.45, 7) is 5.52. The van der Waals surface area contributed by atoms with Crippen LogP contribution in [0.1, 0.15) is 44.2 Å². The van der Waals surface area contributed by atoms with Crippen LogP contribution in [-0.2, 0) is 9.59 Å². The monoisotopic (exact) mass is 428 g/mol. The Bertz CT molecular complexity index is 846. The molecular formula is C24H33FN4O2. The van der Waals surface area contributed by atoms with Crippen LogP contribution in [0.25, 0.3) is 0 Å². The number of nitrogens with one attached hydrogen (secondary N) is 2. The van der Waals surface area contributed by atoms with Crippen molar-refractivity contribution < 1.29 is 14.0 Å². The van der Waals surface area contributed by atoms with Crippen molar-refractivity contribution in [3.63, 3.8) is 0 Å². The van der Waals surface area contributed by atoms with E-state index in [1.54, 1.807) is 0 Å². The third-order valence-corrected chi connectivity index (χ3v) is 6.69. The van der Waals surface area contributed by atoms with Crippen LogP contribution < -0.4 is 15.5 Å². The predicted molar refractivity (Wildman–Crippen MR) is 119 cm³/mol. The fourth-order valence-corrected chi connectivity index (χ4v) is 4.54. The number of halogens is 1. The Balaban J connectivity index is 1.47. The molecule has 4 rings (SSSR count). The van der Waals surface area contributed by atoms with Crippen molar-refractivity contribution in [2.45, 2.75) is 44.7 Å². The number of benzene rings is 1. The van der Waals surface area contributed by atoms with Gasteiger partial charge in [0.15, 0.2) is 0 Å². The van der Waals surface area contributed by atoms with E-state index in [1.165, 1.54) is 12.1 Å². The van der Waals surface area contributed by atoms with Crippen LogP contribution in [0.4, 0.5) is 10.1 Å². The molecule has 1 aromatic rings. The topological polar surface area (TPSA) is 64.7 Å². The first-order chi connectivity index (χ1) is 14.9. The Kier molecular flexibility index (Phi) is 6.60.